The van der Waals surface area contributed by atoms with Crippen LogP contribution in [0.4, 0.5) is 11.5 Å². The van der Waals surface area contributed by atoms with E-state index in [-0.39, 0.29) is 17.2 Å². The Hall–Kier alpha value is -4.30. The van der Waals surface area contributed by atoms with Crippen LogP contribution in [0.3, 0.4) is 0 Å². The molecule has 3 aromatic rings. The van der Waals surface area contributed by atoms with Crippen LogP contribution >= 0.6 is 0 Å². The summed E-state index contributed by atoms with van der Waals surface area (Å²) in [5.74, 6) is -0.881. The number of ketones is 1. The molecule has 2 aromatic heterocycles. The monoisotopic (exact) mass is 341 g/mol. The van der Waals surface area contributed by atoms with Crippen LogP contribution in [-0.2, 0) is 0 Å². The van der Waals surface area contributed by atoms with Crippen LogP contribution in [0, 0.1) is 13.1 Å². The van der Waals surface area contributed by atoms with Crippen LogP contribution in [-0.4, -0.2) is 26.8 Å². The molecule has 124 valence electrons. The highest BCUT2D eigenvalue weighted by Gasteiger charge is 2.19. The Morgan fingerprint density at radius 3 is 2.54 bits per heavy atom. The highest BCUT2D eigenvalue weighted by molar-refractivity contribution is 6.48. The first-order valence-corrected chi connectivity index (χ1v) is 7.42. The largest absolute Gasteiger partial charge is 0.356 e. The molecule has 0 bridgehead atoms. The molecule has 8 nitrogen and oxygen atoms in total. The number of rotatable bonds is 5. The van der Waals surface area contributed by atoms with E-state index in [0.717, 1.165) is 5.56 Å². The second-order valence-corrected chi connectivity index (χ2v) is 4.98. The summed E-state index contributed by atoms with van der Waals surface area (Å²) in [7, 11) is 0. The lowest BCUT2D eigenvalue weighted by atomic mass is 10.1. The van der Waals surface area contributed by atoms with Gasteiger partial charge in [0.25, 0.3) is 5.69 Å². The fraction of sp³-hybridized carbons (Fsp3) is 0. The first-order chi connectivity index (χ1) is 12.7. The summed E-state index contributed by atoms with van der Waals surface area (Å²) in [6, 6.07) is 14.0. The van der Waals surface area contributed by atoms with E-state index in [1.807, 2.05) is 30.3 Å². The molecule has 0 aliphatic carbocycles. The summed E-state index contributed by atoms with van der Waals surface area (Å²) in [6.45, 7) is 14.5. The first kappa shape index (κ1) is 16.6. The first-order valence-electron chi connectivity index (χ1n) is 7.42. The van der Waals surface area contributed by atoms with Gasteiger partial charge in [0.2, 0.25) is 5.78 Å². The summed E-state index contributed by atoms with van der Waals surface area (Å²) in [4.78, 5) is 22.7. The maximum Gasteiger partial charge on any atom is 0.342 e. The normalized spacial score (nSPS) is 10.6. The second kappa shape index (κ2) is 7.51. The number of aromatic amines is 1. The van der Waals surface area contributed by atoms with Crippen molar-refractivity contribution in [3.05, 3.63) is 83.3 Å². The van der Waals surface area contributed by atoms with Gasteiger partial charge in [-0.05, 0) is 22.8 Å². The number of H-pyrrole nitrogens is 1. The van der Waals surface area contributed by atoms with Crippen molar-refractivity contribution in [2.24, 2.45) is 5.10 Å². The van der Waals surface area contributed by atoms with Gasteiger partial charge in [-0.25, -0.2) is 4.85 Å². The number of anilines is 1. The van der Waals surface area contributed by atoms with Crippen molar-refractivity contribution < 1.29 is 4.79 Å². The summed E-state index contributed by atoms with van der Waals surface area (Å²) >= 11 is 0. The van der Waals surface area contributed by atoms with Gasteiger partial charge in [-0.15, -0.1) is 0 Å². The molecular formula is C18H11N7O. The highest BCUT2D eigenvalue weighted by Crippen LogP contribution is 2.34. The summed E-state index contributed by atoms with van der Waals surface area (Å²) in [5, 5.41) is 10.6. The molecule has 0 aliphatic heterocycles. The number of hydrogen-bond acceptors (Lipinski definition) is 5. The number of hydrazone groups is 1. The fourth-order valence-electron chi connectivity index (χ4n) is 2.17. The fourth-order valence-corrected chi connectivity index (χ4v) is 2.17. The van der Waals surface area contributed by atoms with Crippen molar-refractivity contribution in [1.82, 2.24) is 15.2 Å². The Morgan fingerprint density at radius 2 is 1.88 bits per heavy atom. The molecule has 0 unspecified atom stereocenters. The Balaban J connectivity index is 1.88. The minimum atomic E-state index is -0.615. The van der Waals surface area contributed by atoms with Gasteiger partial charge in [-0.3, -0.25) is 14.9 Å². The molecule has 2 N–H and O–H groups in total. The molecule has 0 saturated heterocycles. The number of amidine groups is 1. The zero-order chi connectivity index (χ0) is 18.4. The van der Waals surface area contributed by atoms with E-state index in [4.69, 9.17) is 13.1 Å². The predicted octanol–water partition coefficient (Wildman–Crippen LogP) is 3.55. The van der Waals surface area contributed by atoms with E-state index >= 15 is 0 Å². The van der Waals surface area contributed by atoms with Crippen LogP contribution in [0.1, 0.15) is 10.5 Å². The molecule has 0 saturated carbocycles. The van der Waals surface area contributed by atoms with E-state index in [2.05, 4.69) is 35.4 Å². The number of benzene rings is 1. The Morgan fingerprint density at radius 1 is 1.12 bits per heavy atom. The third-order valence-electron chi connectivity index (χ3n) is 3.39. The number of aromatic nitrogens is 3. The standard InChI is InChI=1S/C18H11N7O/c1-19-15-14(12-8-4-3-5-9-12)22-23-17(15)24-25-18(20-2)16(26)13-10-6-7-11-21-13/h3-11H,(H2,22,23,24). The van der Waals surface area contributed by atoms with E-state index < -0.39 is 11.6 Å². The molecule has 1 aromatic carbocycles. The van der Waals surface area contributed by atoms with E-state index in [1.165, 1.54) is 12.3 Å². The number of Topliss-reactive ketones (excluding diaryl/α,β-unsaturated/α-hetero) is 1. The van der Waals surface area contributed by atoms with E-state index in [9.17, 15) is 4.79 Å². The van der Waals surface area contributed by atoms with Gasteiger partial charge in [0.1, 0.15) is 5.69 Å². The molecule has 8 heteroatoms. The van der Waals surface area contributed by atoms with Gasteiger partial charge < -0.3 is 4.85 Å². The van der Waals surface area contributed by atoms with Gasteiger partial charge >= 0.3 is 5.84 Å². The van der Waals surface area contributed by atoms with E-state index in [0.29, 0.717) is 5.69 Å². The molecule has 0 radical (unpaired) electrons. The maximum atomic E-state index is 12.2. The van der Waals surface area contributed by atoms with Crippen LogP contribution in [0.15, 0.2) is 59.8 Å². The average molecular weight is 341 g/mol. The van der Waals surface area contributed by atoms with Gasteiger partial charge in [0.05, 0.1) is 12.3 Å². The summed E-state index contributed by atoms with van der Waals surface area (Å²) in [5.41, 5.74) is 4.17. The predicted molar refractivity (Wildman–Crippen MR) is 96.5 cm³/mol. The maximum absolute atomic E-state index is 12.2. The minimum absolute atomic E-state index is 0.112. The Bertz CT molecular complexity index is 1040. The van der Waals surface area contributed by atoms with Crippen LogP contribution < -0.4 is 5.43 Å². The number of hydrogen-bond donors (Lipinski definition) is 2. The SMILES string of the molecule is [C-]#[N+]C(=NNc1n[nH]c(-c2ccccc2)c1[N+]#[C-])C(=O)c1ccccn1. The Kier molecular flexibility index (Phi) is 4.78. The molecule has 0 aliphatic rings. The number of carbonyl (C=O) groups excluding carboxylic acids is 1. The van der Waals surface area contributed by atoms with Crippen molar-refractivity contribution in [3.63, 3.8) is 0 Å². The van der Waals surface area contributed by atoms with Crippen molar-refractivity contribution in [3.8, 4) is 11.3 Å². The molecule has 2 heterocycles. The molecule has 3 rings (SSSR count). The number of pyridine rings is 1. The highest BCUT2D eigenvalue weighted by atomic mass is 16.1. The van der Waals surface area contributed by atoms with Gasteiger partial charge in [0, 0.05) is 6.20 Å². The average Bonchev–Trinajstić information content (AvgIpc) is 3.12. The topological polar surface area (TPSA) is 91.8 Å². The third kappa shape index (κ3) is 3.30. The van der Waals surface area contributed by atoms with Gasteiger partial charge in [-0.1, -0.05) is 43.0 Å². The molecule has 0 amide bonds. The van der Waals surface area contributed by atoms with Crippen LogP contribution in [0.5, 0.6) is 0 Å². The lowest BCUT2D eigenvalue weighted by Crippen LogP contribution is -2.13. The zero-order valence-corrected chi connectivity index (χ0v) is 13.3. The molecule has 26 heavy (non-hydrogen) atoms. The van der Waals surface area contributed by atoms with E-state index in [1.54, 1.807) is 12.1 Å². The van der Waals surface area contributed by atoms with Gasteiger partial charge in [-0.2, -0.15) is 10.5 Å². The van der Waals surface area contributed by atoms with Crippen LogP contribution in [0.2, 0.25) is 0 Å². The quantitative estimate of drug-likeness (QED) is 0.244. The van der Waals surface area contributed by atoms with Gasteiger partial charge in [0.15, 0.2) is 5.82 Å². The molecule has 0 atom stereocenters. The lowest BCUT2D eigenvalue weighted by molar-refractivity contribution is 0.106. The molecular weight excluding hydrogens is 330 g/mol. The second-order valence-electron chi connectivity index (χ2n) is 4.98. The minimum Gasteiger partial charge on any atom is -0.356 e. The van der Waals surface area contributed by atoms with Crippen molar-refractivity contribution in [1.29, 1.82) is 0 Å². The van der Waals surface area contributed by atoms with Crippen molar-refractivity contribution in [2.45, 2.75) is 0 Å². The molecule has 0 spiro atoms. The molecule has 0 fully saturated rings. The van der Waals surface area contributed by atoms with Crippen molar-refractivity contribution >= 4 is 23.1 Å². The van der Waals surface area contributed by atoms with Crippen LogP contribution in [0.25, 0.3) is 20.9 Å². The third-order valence-corrected chi connectivity index (χ3v) is 3.39. The lowest BCUT2D eigenvalue weighted by Gasteiger charge is -1.98. The number of nitrogens with zero attached hydrogens (tertiary/aromatic N) is 5. The summed E-state index contributed by atoms with van der Waals surface area (Å²) in [6.07, 6.45) is 1.46. The zero-order valence-electron chi connectivity index (χ0n) is 13.3. The van der Waals surface area contributed by atoms with Crippen molar-refractivity contribution in [2.75, 3.05) is 5.43 Å². The smallest absolute Gasteiger partial charge is 0.342 e. The summed E-state index contributed by atoms with van der Waals surface area (Å²) < 4.78 is 0. The Labute approximate surface area is 148 Å². The number of carbonyl (C=O) groups is 1. The number of nitrogens with one attached hydrogen (secondary N) is 2.